The van der Waals surface area contributed by atoms with Gasteiger partial charge in [-0.25, -0.2) is 0 Å². The van der Waals surface area contributed by atoms with Crippen LogP contribution in [0.1, 0.15) is 22.8 Å². The van der Waals surface area contributed by atoms with Crippen LogP contribution in [0.5, 0.6) is 0 Å². The molecular weight excluding hydrogens is 172 g/mol. The third-order valence-corrected chi connectivity index (χ3v) is 2.23. The van der Waals surface area contributed by atoms with Gasteiger partial charge in [0.05, 0.1) is 0 Å². The zero-order valence-electron chi connectivity index (χ0n) is 6.60. The Bertz CT molecular complexity index is 391. The van der Waals surface area contributed by atoms with Crippen LogP contribution in [0.3, 0.4) is 0 Å². The number of halogens is 1. The van der Waals surface area contributed by atoms with E-state index in [-0.39, 0.29) is 5.78 Å². The average Bonchev–Trinajstić information content (AvgIpc) is 2.31. The maximum absolute atomic E-state index is 11.4. The van der Waals surface area contributed by atoms with E-state index >= 15 is 0 Å². The fourth-order valence-corrected chi connectivity index (χ4v) is 1.53. The highest BCUT2D eigenvalue weighted by Crippen LogP contribution is 2.26. The summed E-state index contributed by atoms with van der Waals surface area (Å²) in [5, 5.41) is 0.616. The Labute approximate surface area is 75.7 Å². The summed E-state index contributed by atoms with van der Waals surface area (Å²) in [4.78, 5) is 11.4. The Morgan fingerprint density at radius 3 is 2.83 bits per heavy atom. The number of carbonyl (C=O) groups is 1. The largest absolute Gasteiger partial charge is 0.289 e. The van der Waals surface area contributed by atoms with Crippen molar-refractivity contribution < 1.29 is 4.79 Å². The topological polar surface area (TPSA) is 17.1 Å². The first-order chi connectivity index (χ1) is 5.68. The Morgan fingerprint density at radius 2 is 2.08 bits per heavy atom. The minimum Gasteiger partial charge on any atom is -0.289 e. The number of fused-ring (bicyclic) bond motifs is 1. The summed E-state index contributed by atoms with van der Waals surface area (Å²) in [7, 11) is 0. The zero-order chi connectivity index (χ0) is 8.72. The van der Waals surface area contributed by atoms with Crippen LogP contribution >= 0.6 is 11.6 Å². The normalized spacial score (nSPS) is 14.5. The van der Waals surface area contributed by atoms with E-state index in [1.807, 2.05) is 19.1 Å². The molecule has 0 bridgehead atoms. The molecule has 1 aromatic carbocycles. The number of rotatable bonds is 0. The number of benzene rings is 1. The van der Waals surface area contributed by atoms with Gasteiger partial charge < -0.3 is 0 Å². The van der Waals surface area contributed by atoms with Crippen molar-refractivity contribution in [2.45, 2.75) is 6.92 Å². The van der Waals surface area contributed by atoms with Gasteiger partial charge in [0.2, 0.25) is 0 Å². The Kier molecular flexibility index (Phi) is 1.55. The third kappa shape index (κ3) is 0.978. The summed E-state index contributed by atoms with van der Waals surface area (Å²) < 4.78 is 0. The smallest absolute Gasteiger partial charge is 0.189 e. The quantitative estimate of drug-likeness (QED) is 0.597. The van der Waals surface area contributed by atoms with Crippen LogP contribution in [0.4, 0.5) is 0 Å². The number of carbonyl (C=O) groups excluding carboxylic acids is 1. The second-order valence-electron chi connectivity index (χ2n) is 2.89. The summed E-state index contributed by atoms with van der Waals surface area (Å²) in [6.07, 6.45) is 1.88. The highest BCUT2D eigenvalue weighted by Gasteiger charge is 2.18. The molecule has 0 aliphatic heterocycles. The standard InChI is InChI=1S/C10H7ClO/c1-6-4-7-2-3-8(11)5-9(7)10(6)12/h2-5H,1H3. The van der Waals surface area contributed by atoms with Crippen LogP contribution in [-0.2, 0) is 0 Å². The molecule has 0 aromatic heterocycles. The maximum Gasteiger partial charge on any atom is 0.189 e. The molecule has 0 amide bonds. The summed E-state index contributed by atoms with van der Waals surface area (Å²) in [5.41, 5.74) is 2.48. The van der Waals surface area contributed by atoms with Crippen molar-refractivity contribution in [2.24, 2.45) is 0 Å². The van der Waals surface area contributed by atoms with Crippen LogP contribution in [0.25, 0.3) is 6.08 Å². The Morgan fingerprint density at radius 1 is 1.33 bits per heavy atom. The summed E-state index contributed by atoms with van der Waals surface area (Å²) in [6.45, 7) is 1.82. The number of allylic oxidation sites excluding steroid dienone is 1. The molecule has 0 unspecified atom stereocenters. The van der Waals surface area contributed by atoms with E-state index in [2.05, 4.69) is 0 Å². The molecule has 0 radical (unpaired) electrons. The first-order valence-electron chi connectivity index (χ1n) is 3.71. The van der Waals surface area contributed by atoms with Gasteiger partial charge in [0.25, 0.3) is 0 Å². The lowest BCUT2D eigenvalue weighted by atomic mass is 10.1. The van der Waals surface area contributed by atoms with Gasteiger partial charge in [-0.2, -0.15) is 0 Å². The van der Waals surface area contributed by atoms with Gasteiger partial charge in [-0.15, -0.1) is 0 Å². The molecule has 1 aliphatic rings. The van der Waals surface area contributed by atoms with Crippen molar-refractivity contribution >= 4 is 23.5 Å². The molecule has 0 saturated heterocycles. The van der Waals surface area contributed by atoms with Gasteiger partial charge in [-0.1, -0.05) is 17.7 Å². The Balaban J connectivity index is 2.65. The van der Waals surface area contributed by atoms with E-state index in [9.17, 15) is 4.79 Å². The lowest BCUT2D eigenvalue weighted by Crippen LogP contribution is -1.94. The molecule has 0 N–H and O–H groups in total. The highest BCUT2D eigenvalue weighted by molar-refractivity contribution is 6.31. The van der Waals surface area contributed by atoms with Crippen molar-refractivity contribution in [2.75, 3.05) is 0 Å². The third-order valence-electron chi connectivity index (χ3n) is 1.99. The monoisotopic (exact) mass is 178 g/mol. The first kappa shape index (κ1) is 7.56. The van der Waals surface area contributed by atoms with Gasteiger partial charge in [-0.05, 0) is 36.3 Å². The number of ketones is 1. The molecule has 0 heterocycles. The van der Waals surface area contributed by atoms with Crippen LogP contribution < -0.4 is 0 Å². The minimum absolute atomic E-state index is 0.0903. The molecule has 1 aliphatic carbocycles. The van der Waals surface area contributed by atoms with Crippen LogP contribution in [0.2, 0.25) is 5.02 Å². The fraction of sp³-hybridized carbons (Fsp3) is 0.100. The van der Waals surface area contributed by atoms with Gasteiger partial charge >= 0.3 is 0 Å². The first-order valence-corrected chi connectivity index (χ1v) is 4.09. The van der Waals surface area contributed by atoms with Gasteiger partial charge in [0, 0.05) is 10.6 Å². The van der Waals surface area contributed by atoms with Crippen LogP contribution in [0.15, 0.2) is 23.8 Å². The van der Waals surface area contributed by atoms with Crippen molar-refractivity contribution in [3.8, 4) is 0 Å². The molecule has 2 rings (SSSR count). The van der Waals surface area contributed by atoms with E-state index < -0.39 is 0 Å². The molecule has 1 nitrogen and oxygen atoms in total. The van der Waals surface area contributed by atoms with Crippen LogP contribution in [-0.4, -0.2) is 5.78 Å². The minimum atomic E-state index is 0.0903. The predicted octanol–water partition coefficient (Wildman–Crippen LogP) is 2.94. The van der Waals surface area contributed by atoms with Crippen molar-refractivity contribution in [3.63, 3.8) is 0 Å². The van der Waals surface area contributed by atoms with Gasteiger partial charge in [-0.3, -0.25) is 4.79 Å². The van der Waals surface area contributed by atoms with Crippen LogP contribution in [0, 0.1) is 0 Å². The molecule has 0 saturated carbocycles. The lowest BCUT2D eigenvalue weighted by molar-refractivity contribution is 0.103. The molecule has 2 heteroatoms. The molecule has 1 aromatic rings. The van der Waals surface area contributed by atoms with E-state index in [1.165, 1.54) is 0 Å². The average molecular weight is 179 g/mol. The number of hydrogen-bond acceptors (Lipinski definition) is 1. The molecule has 12 heavy (non-hydrogen) atoms. The number of Topliss-reactive ketones (excluding diaryl/α,β-unsaturated/α-hetero) is 1. The molecule has 0 spiro atoms. The van der Waals surface area contributed by atoms with Gasteiger partial charge in [0.1, 0.15) is 0 Å². The lowest BCUT2D eigenvalue weighted by Gasteiger charge is -1.96. The van der Waals surface area contributed by atoms with Crippen molar-refractivity contribution in [1.29, 1.82) is 0 Å². The fourth-order valence-electron chi connectivity index (χ4n) is 1.36. The molecule has 60 valence electrons. The second-order valence-corrected chi connectivity index (χ2v) is 3.32. The Hall–Kier alpha value is -1.08. The summed E-state index contributed by atoms with van der Waals surface area (Å²) >= 11 is 5.76. The second kappa shape index (κ2) is 2.46. The predicted molar refractivity (Wildman–Crippen MR) is 49.4 cm³/mol. The molecular formula is C10H7ClO. The molecule has 0 fully saturated rings. The summed E-state index contributed by atoms with van der Waals surface area (Å²) in [5.74, 6) is 0.0903. The van der Waals surface area contributed by atoms with Crippen molar-refractivity contribution in [3.05, 3.63) is 39.9 Å². The SMILES string of the molecule is CC1=Cc2ccc(Cl)cc2C1=O. The summed E-state index contributed by atoms with van der Waals surface area (Å²) in [6, 6.07) is 5.38. The van der Waals surface area contributed by atoms with E-state index in [0.717, 1.165) is 16.7 Å². The zero-order valence-corrected chi connectivity index (χ0v) is 7.35. The van der Waals surface area contributed by atoms with E-state index in [0.29, 0.717) is 5.02 Å². The van der Waals surface area contributed by atoms with Crippen molar-refractivity contribution in [1.82, 2.24) is 0 Å². The number of hydrogen-bond donors (Lipinski definition) is 0. The van der Waals surface area contributed by atoms with E-state index in [1.54, 1.807) is 12.1 Å². The molecule has 0 atom stereocenters. The highest BCUT2D eigenvalue weighted by atomic mass is 35.5. The maximum atomic E-state index is 11.4. The van der Waals surface area contributed by atoms with Gasteiger partial charge in [0.15, 0.2) is 5.78 Å². The van der Waals surface area contributed by atoms with E-state index in [4.69, 9.17) is 11.6 Å².